The minimum atomic E-state index is -1.83. The Bertz CT molecular complexity index is 3220. The molecule has 0 aliphatic carbocycles. The summed E-state index contributed by atoms with van der Waals surface area (Å²) in [6.07, 6.45) is 1.07. The molecule has 2 aliphatic heterocycles. The maximum absolute atomic E-state index is 15.1. The molecule has 31 heteroatoms. The van der Waals surface area contributed by atoms with Crippen LogP contribution in [0.2, 0.25) is 0 Å². The number of esters is 1. The van der Waals surface area contributed by atoms with E-state index in [2.05, 4.69) is 86.4 Å². The molecule has 0 unspecified atom stereocenters. The van der Waals surface area contributed by atoms with Gasteiger partial charge in [-0.15, -0.1) is 0 Å². The third-order valence-corrected chi connectivity index (χ3v) is 20.4. The van der Waals surface area contributed by atoms with E-state index in [0.29, 0.717) is 24.8 Å². The van der Waals surface area contributed by atoms with Crippen LogP contribution in [-0.4, -0.2) is 191 Å². The van der Waals surface area contributed by atoms with Crippen LogP contribution in [0.4, 0.5) is 0 Å². The molecule has 0 radical (unpaired) electrons. The van der Waals surface area contributed by atoms with Gasteiger partial charge in [-0.25, -0.2) is 4.79 Å². The molecule has 1 aromatic carbocycles. The summed E-state index contributed by atoms with van der Waals surface area (Å²) < 4.78 is 6.88. The van der Waals surface area contributed by atoms with Crippen molar-refractivity contribution < 1.29 is 77.0 Å². The number of amides is 13. The van der Waals surface area contributed by atoms with Crippen LogP contribution in [-0.2, 0) is 78.3 Å². The number of aliphatic hydroxyl groups excluding tert-OH is 1. The van der Waals surface area contributed by atoms with E-state index in [0.717, 1.165) is 9.99 Å². The van der Waals surface area contributed by atoms with E-state index in [9.17, 15) is 62.6 Å². The Balaban J connectivity index is 2.01. The lowest BCUT2D eigenvalue weighted by Gasteiger charge is -2.33. The van der Waals surface area contributed by atoms with Crippen molar-refractivity contribution in [3.63, 3.8) is 0 Å². The van der Waals surface area contributed by atoms with Gasteiger partial charge < -0.3 is 84.3 Å². The summed E-state index contributed by atoms with van der Waals surface area (Å²) in [4.78, 5) is 202. The van der Waals surface area contributed by atoms with E-state index in [1.165, 1.54) is 31.7 Å². The van der Waals surface area contributed by atoms with Crippen LogP contribution >= 0.6 is 22.6 Å². The van der Waals surface area contributed by atoms with Crippen LogP contribution < -0.4 is 69.5 Å². The van der Waals surface area contributed by atoms with Crippen LogP contribution in [0.1, 0.15) is 195 Å². The first-order chi connectivity index (χ1) is 49.7. The van der Waals surface area contributed by atoms with Crippen LogP contribution in [0.3, 0.4) is 0 Å². The van der Waals surface area contributed by atoms with Crippen LogP contribution in [0.5, 0.6) is 0 Å². The van der Waals surface area contributed by atoms with Gasteiger partial charge in [0.2, 0.25) is 70.9 Å². The molecule has 17 atom stereocenters. The molecule has 0 saturated carbocycles. The number of carbonyl (C=O) groups excluding carboxylic acids is 14. The van der Waals surface area contributed by atoms with Crippen LogP contribution in [0, 0.1) is 50.9 Å². The SMILES string of the molecule is C/C=C1\NC(=O)[C@H](Cc2ccc(I)cc2)NC(=O)[C@@H](C(C)C)NC(=O)[C@@H]([C@@H](C)CC)NC(=O)[C@H](NC(=O)[C@H](NC(=O)[C@H](CCCN)NC(=O)[C@H]2CCCN2C(=O)[C@H](NC(=O)[C@@H](NC(=O)[C@@H](NC(=O)[C@H](NC(=O)CC[C@@H](C)CC)C(C)C)[C@@H](C)O)C(C)C)C(C)C)[C@@H](C)CC)[C@@H](C)OC(=O)[C@H](C(C)C)NC1=O. The molecule has 15 N–H and O–H groups in total. The van der Waals surface area contributed by atoms with Crippen molar-refractivity contribution >= 4 is 105 Å². The standard InChI is InChI=1S/C75H123IN14O16/c1-20-42(15)28-33-53(92)81-54(37(5)6)68(98)88-61(45(18)91)72(102)83-56(39(9)10)69(99)84-57(40(11)12)74(104)90-35-25-27-52(90)66(96)79-50(26-24-34-77)64(94)86-59(43(16)21-2)71(101)89-62-46(19)106-75(105)58(41(13)14)85-63(93)49(23-4)78-65(95)51(36-47-29-31-48(76)32-30-47)80-67(97)55(38(7)8)82-70(100)60(44(17)22-3)87-73(62)103/h23,29-32,37-46,50-52,54-62,91H,20-22,24-28,33-36,77H2,1-19H3,(H,78,95)(H,79,96)(H,80,97)(H,81,92)(H,82,100)(H,83,102)(H,84,99)(H,85,93)(H,86,94)(H,87,103)(H,88,98)(H,89,101)/b49-23-/t42-,43-,44-,45+,46+,50-,51-,52+,54+,55+,56-,57+,58-,59+,60+,61-,62+/m0/s1. The first kappa shape index (κ1) is 92.4. The van der Waals surface area contributed by atoms with E-state index < -0.39 is 203 Å². The van der Waals surface area contributed by atoms with Gasteiger partial charge in [-0.2, -0.15) is 0 Å². The van der Waals surface area contributed by atoms with Gasteiger partial charge in [0.15, 0.2) is 0 Å². The van der Waals surface area contributed by atoms with E-state index >= 15 is 9.59 Å². The molecule has 106 heavy (non-hydrogen) atoms. The number of halogens is 1. The van der Waals surface area contributed by atoms with Crippen molar-refractivity contribution in [3.8, 4) is 0 Å². The Hall–Kier alpha value is -7.81. The maximum Gasteiger partial charge on any atom is 0.329 e. The molecule has 1 aromatic rings. The molecule has 2 fully saturated rings. The zero-order valence-corrected chi connectivity index (χ0v) is 67.7. The Kier molecular flexibility index (Phi) is 38.8. The molecule has 596 valence electrons. The van der Waals surface area contributed by atoms with Crippen molar-refractivity contribution in [2.45, 2.75) is 280 Å². The number of likely N-dealkylation sites (tertiary alicyclic amines) is 1. The topological polar surface area (TPSA) is 442 Å². The second-order valence-corrected chi connectivity index (χ2v) is 31.3. The third-order valence-electron chi connectivity index (χ3n) is 19.7. The fourth-order valence-electron chi connectivity index (χ4n) is 12.1. The van der Waals surface area contributed by atoms with Crippen molar-refractivity contribution in [3.05, 3.63) is 45.2 Å². The number of allylic oxidation sites excluding steroid dienone is 1. The highest BCUT2D eigenvalue weighted by Gasteiger charge is 2.45. The Morgan fingerprint density at radius 2 is 1.16 bits per heavy atom. The number of ether oxygens (including phenoxy) is 1. The molecule has 2 aliphatic rings. The molecule has 2 heterocycles. The largest absolute Gasteiger partial charge is 0.458 e. The molecule has 0 bridgehead atoms. The fraction of sp³-hybridized carbons (Fsp3) is 0.707. The van der Waals surface area contributed by atoms with Gasteiger partial charge in [-0.05, 0) is 147 Å². The number of nitrogens with zero attached hydrogens (tertiary/aromatic N) is 1. The van der Waals surface area contributed by atoms with Crippen molar-refractivity contribution in [2.24, 2.45) is 53.1 Å². The second kappa shape index (κ2) is 44.5. The summed E-state index contributed by atoms with van der Waals surface area (Å²) in [6.45, 7) is 31.7. The monoisotopic (exact) mass is 1600 g/mol. The van der Waals surface area contributed by atoms with E-state index in [4.69, 9.17) is 10.5 Å². The summed E-state index contributed by atoms with van der Waals surface area (Å²) in [7, 11) is 0. The third kappa shape index (κ3) is 27.8. The average molecular weight is 1600 g/mol. The number of rotatable bonds is 33. The molecule has 30 nitrogen and oxygen atoms in total. The van der Waals surface area contributed by atoms with Gasteiger partial charge in [0, 0.05) is 23.0 Å². The number of hydrogen-bond acceptors (Lipinski definition) is 17. The van der Waals surface area contributed by atoms with Crippen molar-refractivity contribution in [2.75, 3.05) is 13.1 Å². The Labute approximate surface area is 639 Å². The van der Waals surface area contributed by atoms with E-state index in [1.807, 2.05) is 26.0 Å². The number of nitrogens with one attached hydrogen (secondary N) is 12. The van der Waals surface area contributed by atoms with Gasteiger partial charge in [-0.3, -0.25) is 62.3 Å². The molecular weight excluding hydrogens is 1480 g/mol. The first-order valence-electron chi connectivity index (χ1n) is 37.6. The van der Waals surface area contributed by atoms with Crippen LogP contribution in [0.25, 0.3) is 0 Å². The van der Waals surface area contributed by atoms with Crippen molar-refractivity contribution in [1.82, 2.24) is 68.7 Å². The lowest BCUT2D eigenvalue weighted by atomic mass is 9.95. The predicted molar refractivity (Wildman–Crippen MR) is 408 cm³/mol. The lowest BCUT2D eigenvalue weighted by Crippen LogP contribution is -2.64. The summed E-state index contributed by atoms with van der Waals surface area (Å²) >= 11 is 2.13. The number of carbonyl (C=O) groups is 14. The smallest absolute Gasteiger partial charge is 0.329 e. The number of hydrogen-bond donors (Lipinski definition) is 14. The van der Waals surface area contributed by atoms with E-state index in [1.54, 1.807) is 109 Å². The number of cyclic esters (lactones) is 1. The molecule has 3 rings (SSSR count). The van der Waals surface area contributed by atoms with Gasteiger partial charge in [0.05, 0.1) is 6.10 Å². The second-order valence-electron chi connectivity index (χ2n) is 30.1. The zero-order valence-electron chi connectivity index (χ0n) is 65.5. The quantitative estimate of drug-likeness (QED) is 0.0273. The molecule has 0 aromatic heterocycles. The Morgan fingerprint density at radius 3 is 1.69 bits per heavy atom. The summed E-state index contributed by atoms with van der Waals surface area (Å²) in [5.74, 6) is -15.2. The minimum Gasteiger partial charge on any atom is -0.458 e. The summed E-state index contributed by atoms with van der Waals surface area (Å²) in [5, 5.41) is 43.2. The van der Waals surface area contributed by atoms with Crippen molar-refractivity contribution in [1.29, 1.82) is 0 Å². The first-order valence-corrected chi connectivity index (χ1v) is 38.7. The maximum atomic E-state index is 15.1. The number of aliphatic hydroxyl groups is 1. The fourth-order valence-corrected chi connectivity index (χ4v) is 12.4. The lowest BCUT2D eigenvalue weighted by molar-refractivity contribution is -0.157. The van der Waals surface area contributed by atoms with Gasteiger partial charge >= 0.3 is 5.97 Å². The predicted octanol–water partition coefficient (Wildman–Crippen LogP) is 2.44. The summed E-state index contributed by atoms with van der Waals surface area (Å²) in [5.41, 5.74) is 6.34. The molecule has 0 spiro atoms. The van der Waals surface area contributed by atoms with Gasteiger partial charge in [0.25, 0.3) is 5.91 Å². The summed E-state index contributed by atoms with van der Waals surface area (Å²) in [6, 6.07) is -9.27. The van der Waals surface area contributed by atoms with E-state index in [-0.39, 0.29) is 69.1 Å². The van der Waals surface area contributed by atoms with Gasteiger partial charge in [-0.1, -0.05) is 148 Å². The minimum absolute atomic E-state index is 0.0394. The molecule has 13 amide bonds. The average Bonchev–Trinajstić information content (AvgIpc) is 1.52. The molecule has 2 saturated heterocycles. The highest BCUT2D eigenvalue weighted by Crippen LogP contribution is 2.23. The number of nitrogens with two attached hydrogens (primary N) is 1. The molecular formula is C75H123IN14O16. The highest BCUT2D eigenvalue weighted by atomic mass is 127. The number of benzene rings is 1. The highest BCUT2D eigenvalue weighted by molar-refractivity contribution is 14.1. The van der Waals surface area contributed by atoms with Crippen LogP contribution in [0.15, 0.2) is 36.0 Å². The zero-order chi connectivity index (χ0) is 80.3. The normalized spacial score (nSPS) is 22.7. The van der Waals surface area contributed by atoms with Gasteiger partial charge in [0.1, 0.15) is 84.3 Å². The Morgan fingerprint density at radius 1 is 0.623 bits per heavy atom.